The van der Waals surface area contributed by atoms with Crippen LogP contribution in [0.15, 0.2) is 18.3 Å². The van der Waals surface area contributed by atoms with Gasteiger partial charge in [-0.05, 0) is 6.07 Å². The van der Waals surface area contributed by atoms with Crippen LogP contribution in [0.25, 0.3) is 10.8 Å². The highest BCUT2D eigenvalue weighted by Gasteiger charge is 2.16. The minimum Gasteiger partial charge on any atom is -0.493 e. The number of carbonyl (C=O) groups is 1. The first-order chi connectivity index (χ1) is 9.58. The number of nitrogens with one attached hydrogen (secondary N) is 1. The Bertz CT molecular complexity index is 658. The molecule has 0 saturated heterocycles. The second-order valence-electron chi connectivity index (χ2n) is 4.03. The van der Waals surface area contributed by atoms with Crippen molar-refractivity contribution < 1.29 is 19.4 Å². The molecule has 0 fully saturated rings. The molecule has 106 valence electrons. The number of ether oxygens (including phenoxy) is 2. The van der Waals surface area contributed by atoms with Crippen LogP contribution < -0.4 is 20.5 Å². The van der Waals surface area contributed by atoms with Gasteiger partial charge in [0.1, 0.15) is 12.4 Å². The van der Waals surface area contributed by atoms with Crippen molar-refractivity contribution in [2.24, 2.45) is 0 Å². The first-order valence-electron chi connectivity index (χ1n) is 5.83. The minimum atomic E-state index is -0.987. The molecule has 0 radical (unpaired) electrons. The van der Waals surface area contributed by atoms with E-state index in [-0.39, 0.29) is 6.54 Å². The Balaban J connectivity index is 2.69. The number of aliphatic carboxylic acids is 1. The number of rotatable bonds is 5. The minimum absolute atomic E-state index is 0.258. The average molecular weight is 277 g/mol. The molecule has 2 rings (SSSR count). The molecule has 0 saturated carbocycles. The fourth-order valence-corrected chi connectivity index (χ4v) is 1.99. The summed E-state index contributed by atoms with van der Waals surface area (Å²) in [7, 11) is 3.01. The van der Waals surface area contributed by atoms with Gasteiger partial charge in [0, 0.05) is 23.3 Å². The van der Waals surface area contributed by atoms with Crippen LogP contribution in [0.1, 0.15) is 0 Å². The van der Waals surface area contributed by atoms with E-state index in [2.05, 4.69) is 10.3 Å². The third-order valence-electron chi connectivity index (χ3n) is 2.83. The zero-order valence-corrected chi connectivity index (χ0v) is 11.1. The molecular formula is C13H15N3O4. The van der Waals surface area contributed by atoms with E-state index >= 15 is 0 Å². The lowest BCUT2D eigenvalue weighted by Gasteiger charge is -2.15. The highest BCUT2D eigenvalue weighted by atomic mass is 16.5. The van der Waals surface area contributed by atoms with Gasteiger partial charge in [0.15, 0.2) is 11.5 Å². The number of methoxy groups -OCH3 is 2. The normalized spacial score (nSPS) is 10.3. The van der Waals surface area contributed by atoms with Gasteiger partial charge in [-0.15, -0.1) is 0 Å². The zero-order chi connectivity index (χ0) is 14.7. The fraction of sp³-hybridized carbons (Fsp3) is 0.231. The third kappa shape index (κ3) is 2.37. The van der Waals surface area contributed by atoms with Crippen LogP contribution in [-0.4, -0.2) is 36.8 Å². The third-order valence-corrected chi connectivity index (χ3v) is 2.83. The number of nitrogen functional groups attached to an aromatic ring is 1. The molecule has 0 aliphatic carbocycles. The fourth-order valence-electron chi connectivity index (χ4n) is 1.99. The second-order valence-corrected chi connectivity index (χ2v) is 4.03. The molecule has 7 heteroatoms. The smallest absolute Gasteiger partial charge is 0.322 e. The lowest BCUT2D eigenvalue weighted by molar-refractivity contribution is -0.134. The molecule has 4 N–H and O–H groups in total. The number of pyridine rings is 1. The van der Waals surface area contributed by atoms with Crippen LogP contribution in [0.3, 0.4) is 0 Å². The standard InChI is InChI=1S/C13H15N3O4/c1-19-9-5-8(14)7-3-4-15-13(16-6-10(17)18)11(7)12(9)20-2/h3-5H,6,14H2,1-2H3,(H,15,16)(H,17,18). The van der Waals surface area contributed by atoms with Crippen LogP contribution in [-0.2, 0) is 4.79 Å². The molecule has 0 aliphatic heterocycles. The number of hydrogen-bond acceptors (Lipinski definition) is 6. The van der Waals surface area contributed by atoms with Crippen molar-refractivity contribution in [2.45, 2.75) is 0 Å². The number of hydrogen-bond donors (Lipinski definition) is 3. The first-order valence-corrected chi connectivity index (χ1v) is 5.83. The van der Waals surface area contributed by atoms with Gasteiger partial charge in [0.05, 0.1) is 19.6 Å². The molecule has 0 bridgehead atoms. The molecule has 0 unspecified atom stereocenters. The summed E-state index contributed by atoms with van der Waals surface area (Å²) in [4.78, 5) is 14.8. The first kappa shape index (κ1) is 13.7. The van der Waals surface area contributed by atoms with Crippen molar-refractivity contribution in [1.82, 2.24) is 4.98 Å². The molecule has 0 spiro atoms. The lowest BCUT2D eigenvalue weighted by Crippen LogP contribution is -2.13. The maximum Gasteiger partial charge on any atom is 0.322 e. The Kier molecular flexibility index (Phi) is 3.79. The molecule has 20 heavy (non-hydrogen) atoms. The van der Waals surface area contributed by atoms with Crippen molar-refractivity contribution in [1.29, 1.82) is 0 Å². The number of anilines is 2. The monoisotopic (exact) mass is 277 g/mol. The Morgan fingerprint density at radius 2 is 2.20 bits per heavy atom. The van der Waals surface area contributed by atoms with Gasteiger partial charge in [-0.25, -0.2) is 4.98 Å². The van der Waals surface area contributed by atoms with Crippen molar-refractivity contribution in [3.8, 4) is 11.5 Å². The van der Waals surface area contributed by atoms with Crippen molar-refractivity contribution in [3.63, 3.8) is 0 Å². The van der Waals surface area contributed by atoms with Crippen LogP contribution in [0.2, 0.25) is 0 Å². The van der Waals surface area contributed by atoms with Crippen LogP contribution in [0, 0.1) is 0 Å². The van der Waals surface area contributed by atoms with Gasteiger partial charge in [0.2, 0.25) is 0 Å². The summed E-state index contributed by atoms with van der Waals surface area (Å²) in [6, 6.07) is 3.39. The number of fused-ring (bicyclic) bond motifs is 1. The number of nitrogens with two attached hydrogens (primary N) is 1. The summed E-state index contributed by atoms with van der Waals surface area (Å²) in [5.41, 5.74) is 6.47. The van der Waals surface area contributed by atoms with E-state index in [1.54, 1.807) is 18.3 Å². The predicted octanol–water partition coefficient (Wildman–Crippen LogP) is 1.33. The molecule has 1 aromatic heterocycles. The van der Waals surface area contributed by atoms with Crippen molar-refractivity contribution >= 4 is 28.2 Å². The average Bonchev–Trinajstić information content (AvgIpc) is 2.44. The molecule has 1 heterocycles. The molecule has 0 atom stereocenters. The SMILES string of the molecule is COc1cc(N)c2ccnc(NCC(=O)O)c2c1OC. The van der Waals surface area contributed by atoms with Crippen LogP contribution in [0.5, 0.6) is 11.5 Å². The van der Waals surface area contributed by atoms with Crippen LogP contribution in [0.4, 0.5) is 11.5 Å². The Morgan fingerprint density at radius 1 is 1.45 bits per heavy atom. The summed E-state index contributed by atoms with van der Waals surface area (Å²) in [6.07, 6.45) is 1.55. The van der Waals surface area contributed by atoms with Crippen LogP contribution >= 0.6 is 0 Å². The van der Waals surface area contributed by atoms with E-state index in [9.17, 15) is 4.79 Å². The molecular weight excluding hydrogens is 262 g/mol. The molecule has 0 aliphatic rings. The number of aromatic nitrogens is 1. The highest BCUT2D eigenvalue weighted by molar-refractivity contribution is 6.05. The van der Waals surface area contributed by atoms with Gasteiger partial charge in [-0.1, -0.05) is 0 Å². The number of nitrogens with zero attached hydrogens (tertiary/aromatic N) is 1. The van der Waals surface area contributed by atoms with Gasteiger partial charge in [-0.2, -0.15) is 0 Å². The summed E-state index contributed by atoms with van der Waals surface area (Å²) in [5, 5.41) is 12.8. The van der Waals surface area contributed by atoms with E-state index < -0.39 is 5.97 Å². The van der Waals surface area contributed by atoms with E-state index in [0.29, 0.717) is 33.8 Å². The Morgan fingerprint density at radius 3 is 2.80 bits per heavy atom. The Hall–Kier alpha value is -2.70. The predicted molar refractivity (Wildman–Crippen MR) is 75.4 cm³/mol. The molecule has 0 amide bonds. The summed E-state index contributed by atoms with van der Waals surface area (Å²) in [6.45, 7) is -0.258. The van der Waals surface area contributed by atoms with E-state index in [1.807, 2.05) is 0 Å². The van der Waals surface area contributed by atoms with Crippen molar-refractivity contribution in [2.75, 3.05) is 31.8 Å². The second kappa shape index (κ2) is 5.52. The molecule has 7 nitrogen and oxygen atoms in total. The summed E-state index contributed by atoms with van der Waals surface area (Å²) in [5.74, 6) is 0.313. The number of carboxylic acids is 1. The van der Waals surface area contributed by atoms with Gasteiger partial charge in [-0.3, -0.25) is 4.79 Å². The van der Waals surface area contributed by atoms with E-state index in [0.717, 1.165) is 0 Å². The molecule has 2 aromatic rings. The lowest BCUT2D eigenvalue weighted by atomic mass is 10.1. The van der Waals surface area contributed by atoms with Gasteiger partial charge < -0.3 is 25.6 Å². The summed E-state index contributed by atoms with van der Waals surface area (Å²) < 4.78 is 10.6. The maximum atomic E-state index is 10.7. The largest absolute Gasteiger partial charge is 0.493 e. The van der Waals surface area contributed by atoms with Crippen molar-refractivity contribution in [3.05, 3.63) is 18.3 Å². The van der Waals surface area contributed by atoms with E-state index in [1.165, 1.54) is 14.2 Å². The van der Waals surface area contributed by atoms with Gasteiger partial charge in [0.25, 0.3) is 0 Å². The maximum absolute atomic E-state index is 10.7. The zero-order valence-electron chi connectivity index (χ0n) is 11.1. The number of benzene rings is 1. The van der Waals surface area contributed by atoms with Gasteiger partial charge >= 0.3 is 5.97 Å². The summed E-state index contributed by atoms with van der Waals surface area (Å²) >= 11 is 0. The molecule has 1 aromatic carbocycles. The quantitative estimate of drug-likeness (QED) is 0.708. The number of carboxylic acid groups (broad SMARTS) is 1. The Labute approximate surface area is 115 Å². The highest BCUT2D eigenvalue weighted by Crippen LogP contribution is 2.41. The topological polar surface area (TPSA) is 107 Å². The van der Waals surface area contributed by atoms with E-state index in [4.69, 9.17) is 20.3 Å².